The highest BCUT2D eigenvalue weighted by molar-refractivity contribution is 5.30. The molecule has 0 radical (unpaired) electrons. The number of tetrazole rings is 1. The lowest BCUT2D eigenvalue weighted by molar-refractivity contribution is 0.770. The minimum Gasteiger partial charge on any atom is -0.177 e. The van der Waals surface area contributed by atoms with Gasteiger partial charge in [0.15, 0.2) is 5.82 Å². The number of benzene rings is 1. The van der Waals surface area contributed by atoms with Crippen LogP contribution in [0, 0.1) is 13.8 Å². The molecule has 1 N–H and O–H groups in total. The maximum atomic E-state index is 3.94. The van der Waals surface area contributed by atoms with Crippen LogP contribution in [0.3, 0.4) is 0 Å². The Morgan fingerprint density at radius 3 is 2.75 bits per heavy atom. The van der Waals surface area contributed by atoms with E-state index >= 15 is 0 Å². The number of aryl methyl sites for hydroxylation is 4. The molecule has 2 aromatic rings. The summed E-state index contributed by atoms with van der Waals surface area (Å²) in [6.45, 7) is 4.28. The van der Waals surface area contributed by atoms with Crippen LogP contribution in [0.2, 0.25) is 0 Å². The normalized spacial score (nSPS) is 10.6. The first-order valence-corrected chi connectivity index (χ1v) is 5.54. The molecule has 0 aliphatic carbocycles. The summed E-state index contributed by atoms with van der Waals surface area (Å²) in [4.78, 5) is 0. The molecule has 4 nitrogen and oxygen atoms in total. The number of hydrogen-bond acceptors (Lipinski definition) is 3. The van der Waals surface area contributed by atoms with Gasteiger partial charge in [0.25, 0.3) is 0 Å². The van der Waals surface area contributed by atoms with E-state index in [4.69, 9.17) is 0 Å². The minimum absolute atomic E-state index is 0.796. The number of aromatic nitrogens is 4. The summed E-state index contributed by atoms with van der Waals surface area (Å²) < 4.78 is 0. The minimum atomic E-state index is 0.796. The van der Waals surface area contributed by atoms with Crippen LogP contribution in [0.25, 0.3) is 0 Å². The summed E-state index contributed by atoms with van der Waals surface area (Å²) in [6, 6.07) is 6.60. The number of nitrogens with zero attached hydrogens (tertiary/aromatic N) is 3. The lowest BCUT2D eigenvalue weighted by atomic mass is 10.0. The number of H-pyrrole nitrogens is 1. The highest BCUT2D eigenvalue weighted by Crippen LogP contribution is 2.13. The summed E-state index contributed by atoms with van der Waals surface area (Å²) in [5.74, 6) is 0.796. The second kappa shape index (κ2) is 4.88. The Balaban J connectivity index is 1.90. The third-order valence-corrected chi connectivity index (χ3v) is 2.73. The van der Waals surface area contributed by atoms with E-state index in [0.29, 0.717) is 0 Å². The molecule has 0 amide bonds. The van der Waals surface area contributed by atoms with Gasteiger partial charge in [-0.3, -0.25) is 0 Å². The molecule has 0 atom stereocenters. The van der Waals surface area contributed by atoms with E-state index in [0.717, 1.165) is 25.1 Å². The van der Waals surface area contributed by atoms with Crippen molar-refractivity contribution in [2.24, 2.45) is 0 Å². The van der Waals surface area contributed by atoms with E-state index in [2.05, 4.69) is 52.7 Å². The molecule has 0 unspecified atom stereocenters. The van der Waals surface area contributed by atoms with Crippen molar-refractivity contribution in [1.82, 2.24) is 20.6 Å². The molecular weight excluding hydrogens is 200 g/mol. The highest BCUT2D eigenvalue weighted by Gasteiger charge is 2.01. The van der Waals surface area contributed by atoms with Crippen LogP contribution in [0.1, 0.15) is 28.9 Å². The Morgan fingerprint density at radius 1 is 1.19 bits per heavy atom. The summed E-state index contributed by atoms with van der Waals surface area (Å²) in [5, 5.41) is 13.9. The molecule has 1 aromatic carbocycles. The molecule has 0 saturated carbocycles. The molecule has 0 aliphatic rings. The van der Waals surface area contributed by atoms with Gasteiger partial charge in [-0.05, 0) is 37.8 Å². The average Bonchev–Trinajstić information content (AvgIpc) is 2.74. The zero-order valence-corrected chi connectivity index (χ0v) is 9.70. The van der Waals surface area contributed by atoms with Crippen LogP contribution < -0.4 is 0 Å². The number of hydrogen-bond donors (Lipinski definition) is 1. The van der Waals surface area contributed by atoms with Crippen molar-refractivity contribution in [3.8, 4) is 0 Å². The fourth-order valence-corrected chi connectivity index (χ4v) is 1.85. The van der Waals surface area contributed by atoms with Crippen LogP contribution in [0.15, 0.2) is 18.2 Å². The topological polar surface area (TPSA) is 54.5 Å². The molecule has 1 aromatic heterocycles. The van der Waals surface area contributed by atoms with Crippen molar-refractivity contribution in [3.63, 3.8) is 0 Å². The van der Waals surface area contributed by atoms with Gasteiger partial charge < -0.3 is 0 Å². The molecule has 0 aliphatic heterocycles. The Labute approximate surface area is 95.1 Å². The van der Waals surface area contributed by atoms with Gasteiger partial charge in [0.05, 0.1) is 0 Å². The first-order chi connectivity index (χ1) is 7.75. The maximum Gasteiger partial charge on any atom is 0.174 e. The standard InChI is InChI=1S/C12H16N4/c1-9-6-7-11(10(2)8-9)4-3-5-12-13-15-16-14-12/h6-8H,3-5H2,1-2H3,(H,13,14,15,16). The van der Waals surface area contributed by atoms with Crippen LogP contribution in [0.4, 0.5) is 0 Å². The maximum absolute atomic E-state index is 3.94. The van der Waals surface area contributed by atoms with Gasteiger partial charge in [-0.15, -0.1) is 10.2 Å². The van der Waals surface area contributed by atoms with E-state index in [1.807, 2.05) is 0 Å². The Morgan fingerprint density at radius 2 is 2.06 bits per heavy atom. The Kier molecular flexibility index (Phi) is 3.29. The van der Waals surface area contributed by atoms with Crippen LogP contribution in [-0.2, 0) is 12.8 Å². The van der Waals surface area contributed by atoms with Crippen LogP contribution >= 0.6 is 0 Å². The quantitative estimate of drug-likeness (QED) is 0.850. The fourth-order valence-electron chi connectivity index (χ4n) is 1.85. The van der Waals surface area contributed by atoms with Crippen molar-refractivity contribution in [2.45, 2.75) is 33.1 Å². The smallest absolute Gasteiger partial charge is 0.174 e. The molecule has 16 heavy (non-hydrogen) atoms. The predicted molar refractivity (Wildman–Crippen MR) is 62.1 cm³/mol. The van der Waals surface area contributed by atoms with Gasteiger partial charge in [0, 0.05) is 6.42 Å². The van der Waals surface area contributed by atoms with E-state index in [9.17, 15) is 0 Å². The van der Waals surface area contributed by atoms with Crippen molar-refractivity contribution < 1.29 is 0 Å². The van der Waals surface area contributed by atoms with Gasteiger partial charge in [-0.2, -0.15) is 5.21 Å². The van der Waals surface area contributed by atoms with Crippen molar-refractivity contribution >= 4 is 0 Å². The summed E-state index contributed by atoms with van der Waals surface area (Å²) in [7, 11) is 0. The number of rotatable bonds is 4. The first-order valence-electron chi connectivity index (χ1n) is 5.54. The highest BCUT2D eigenvalue weighted by atomic mass is 15.5. The monoisotopic (exact) mass is 216 g/mol. The van der Waals surface area contributed by atoms with E-state index in [1.165, 1.54) is 16.7 Å². The summed E-state index contributed by atoms with van der Waals surface area (Å²) in [6.07, 6.45) is 3.01. The lowest BCUT2D eigenvalue weighted by Gasteiger charge is -2.05. The molecule has 1 heterocycles. The fraction of sp³-hybridized carbons (Fsp3) is 0.417. The average molecular weight is 216 g/mol. The lowest BCUT2D eigenvalue weighted by Crippen LogP contribution is -1.95. The largest absolute Gasteiger partial charge is 0.177 e. The molecule has 0 fully saturated rings. The zero-order chi connectivity index (χ0) is 11.4. The molecular formula is C12H16N4. The van der Waals surface area contributed by atoms with E-state index in [-0.39, 0.29) is 0 Å². The van der Waals surface area contributed by atoms with Crippen LogP contribution in [-0.4, -0.2) is 20.6 Å². The van der Waals surface area contributed by atoms with Crippen molar-refractivity contribution in [3.05, 3.63) is 40.7 Å². The van der Waals surface area contributed by atoms with Gasteiger partial charge >= 0.3 is 0 Å². The van der Waals surface area contributed by atoms with Gasteiger partial charge in [0.1, 0.15) is 0 Å². The predicted octanol–water partition coefficient (Wildman–Crippen LogP) is 1.99. The molecule has 0 bridgehead atoms. The summed E-state index contributed by atoms with van der Waals surface area (Å²) >= 11 is 0. The van der Waals surface area contributed by atoms with Gasteiger partial charge in [-0.25, -0.2) is 0 Å². The second-order valence-electron chi connectivity index (χ2n) is 4.11. The molecule has 4 heteroatoms. The molecule has 0 saturated heterocycles. The van der Waals surface area contributed by atoms with Crippen molar-refractivity contribution in [1.29, 1.82) is 0 Å². The van der Waals surface area contributed by atoms with E-state index < -0.39 is 0 Å². The third-order valence-electron chi connectivity index (χ3n) is 2.73. The number of nitrogens with one attached hydrogen (secondary N) is 1. The zero-order valence-electron chi connectivity index (χ0n) is 9.70. The Bertz CT molecular complexity index is 448. The van der Waals surface area contributed by atoms with Crippen molar-refractivity contribution in [2.75, 3.05) is 0 Å². The first kappa shape index (κ1) is 10.8. The molecule has 2 rings (SSSR count). The van der Waals surface area contributed by atoms with Crippen LogP contribution in [0.5, 0.6) is 0 Å². The SMILES string of the molecule is Cc1ccc(CCCc2nn[nH]n2)c(C)c1. The number of aromatic amines is 1. The van der Waals surface area contributed by atoms with Gasteiger partial charge in [0.2, 0.25) is 0 Å². The third kappa shape index (κ3) is 2.66. The van der Waals surface area contributed by atoms with Gasteiger partial charge in [-0.1, -0.05) is 29.0 Å². The second-order valence-corrected chi connectivity index (χ2v) is 4.11. The molecule has 0 spiro atoms. The summed E-state index contributed by atoms with van der Waals surface area (Å²) in [5.41, 5.74) is 4.10. The molecule has 84 valence electrons. The van der Waals surface area contributed by atoms with E-state index in [1.54, 1.807) is 0 Å². The Hall–Kier alpha value is -1.71.